The first-order valence-corrected chi connectivity index (χ1v) is 6.92. The van der Waals surface area contributed by atoms with E-state index < -0.39 is 15.8 Å². The highest BCUT2D eigenvalue weighted by Gasteiger charge is 2.11. The molecule has 2 aromatic carbocycles. The van der Waals surface area contributed by atoms with Crippen LogP contribution in [0.3, 0.4) is 0 Å². The number of aliphatic carboxylic acids is 1. The maximum absolute atomic E-state index is 10.8. The summed E-state index contributed by atoms with van der Waals surface area (Å²) in [7, 11) is 0. The predicted octanol–water partition coefficient (Wildman–Crippen LogP) is 3.18. The molecule has 0 aliphatic rings. The number of nitro groups is 2. The molecule has 0 saturated carbocycles. The highest BCUT2D eigenvalue weighted by Crippen LogP contribution is 2.26. The lowest BCUT2D eigenvalue weighted by Crippen LogP contribution is -1.99. The van der Waals surface area contributed by atoms with Gasteiger partial charge in [0.25, 0.3) is 11.4 Å². The number of rotatable bonds is 7. The molecular weight excluding hydrogens is 332 g/mol. The second kappa shape index (κ2) is 7.68. The zero-order chi connectivity index (χ0) is 18.4. The van der Waals surface area contributed by atoms with E-state index in [0.717, 1.165) is 6.08 Å². The van der Waals surface area contributed by atoms with Gasteiger partial charge < -0.3 is 9.84 Å². The Hall–Kier alpha value is -3.75. The van der Waals surface area contributed by atoms with Crippen LogP contribution in [0.1, 0.15) is 11.1 Å². The van der Waals surface area contributed by atoms with Gasteiger partial charge in [-0.3, -0.25) is 20.2 Å². The SMILES string of the molecule is O=C(O)/C=C/c1cc([N+](=O)[O-])ccc1OCc1ccc([N+](=O)[O-])cc1. The average Bonchev–Trinajstić information content (AvgIpc) is 2.58. The molecule has 0 bridgehead atoms. The Labute approximate surface area is 141 Å². The zero-order valence-electron chi connectivity index (χ0n) is 12.7. The Bertz CT molecular complexity index is 844. The molecule has 0 heterocycles. The van der Waals surface area contributed by atoms with Gasteiger partial charge in [0.05, 0.1) is 9.85 Å². The first-order chi connectivity index (χ1) is 11.9. The van der Waals surface area contributed by atoms with E-state index in [2.05, 4.69) is 0 Å². The molecule has 1 N–H and O–H groups in total. The van der Waals surface area contributed by atoms with Crippen LogP contribution in [0, 0.1) is 20.2 Å². The zero-order valence-corrected chi connectivity index (χ0v) is 12.7. The van der Waals surface area contributed by atoms with E-state index in [1.54, 1.807) is 0 Å². The Morgan fingerprint density at radius 3 is 2.20 bits per heavy atom. The summed E-state index contributed by atoms with van der Waals surface area (Å²) in [5.74, 6) is -0.950. The molecular formula is C16H12N2O7. The molecule has 0 amide bonds. The number of carboxylic acids is 1. The molecule has 2 rings (SSSR count). The van der Waals surface area contributed by atoms with E-state index in [9.17, 15) is 25.0 Å². The highest BCUT2D eigenvalue weighted by atomic mass is 16.6. The van der Waals surface area contributed by atoms with Crippen LogP contribution in [-0.2, 0) is 11.4 Å². The molecule has 0 aliphatic carbocycles. The molecule has 0 saturated heterocycles. The lowest BCUT2D eigenvalue weighted by atomic mass is 10.1. The molecule has 0 aliphatic heterocycles. The molecule has 25 heavy (non-hydrogen) atoms. The molecule has 0 fully saturated rings. The van der Waals surface area contributed by atoms with Crippen LogP contribution in [-0.4, -0.2) is 20.9 Å². The van der Waals surface area contributed by atoms with Gasteiger partial charge in [-0.15, -0.1) is 0 Å². The van der Waals surface area contributed by atoms with Gasteiger partial charge in [0.1, 0.15) is 12.4 Å². The maximum Gasteiger partial charge on any atom is 0.328 e. The van der Waals surface area contributed by atoms with Crippen LogP contribution >= 0.6 is 0 Å². The fourth-order valence-electron chi connectivity index (χ4n) is 1.95. The third kappa shape index (κ3) is 4.86. The van der Waals surface area contributed by atoms with E-state index >= 15 is 0 Å². The second-order valence-corrected chi connectivity index (χ2v) is 4.86. The van der Waals surface area contributed by atoms with E-state index in [1.807, 2.05) is 0 Å². The second-order valence-electron chi connectivity index (χ2n) is 4.86. The third-order valence-corrected chi connectivity index (χ3v) is 3.15. The van der Waals surface area contributed by atoms with Crippen molar-refractivity contribution >= 4 is 23.4 Å². The summed E-state index contributed by atoms with van der Waals surface area (Å²) < 4.78 is 5.55. The highest BCUT2D eigenvalue weighted by molar-refractivity contribution is 5.86. The van der Waals surface area contributed by atoms with Gasteiger partial charge in [-0.25, -0.2) is 4.79 Å². The summed E-state index contributed by atoms with van der Waals surface area (Å²) in [5, 5.41) is 30.2. The van der Waals surface area contributed by atoms with E-state index in [-0.39, 0.29) is 29.3 Å². The summed E-state index contributed by atoms with van der Waals surface area (Å²) in [6, 6.07) is 9.52. The average molecular weight is 344 g/mol. The van der Waals surface area contributed by atoms with Crippen LogP contribution in [0.5, 0.6) is 5.75 Å². The van der Waals surface area contributed by atoms with Crippen molar-refractivity contribution in [3.8, 4) is 5.75 Å². The van der Waals surface area contributed by atoms with Crippen molar-refractivity contribution in [3.05, 3.63) is 79.9 Å². The Kier molecular flexibility index (Phi) is 5.41. The lowest BCUT2D eigenvalue weighted by molar-refractivity contribution is -0.385. The molecule has 0 unspecified atom stereocenters. The number of nitrogens with zero attached hydrogens (tertiary/aromatic N) is 2. The van der Waals surface area contributed by atoms with Gasteiger partial charge in [-0.2, -0.15) is 0 Å². The Morgan fingerprint density at radius 1 is 1.04 bits per heavy atom. The topological polar surface area (TPSA) is 133 Å². The monoisotopic (exact) mass is 344 g/mol. The van der Waals surface area contributed by atoms with Gasteiger partial charge in [-0.1, -0.05) is 0 Å². The van der Waals surface area contributed by atoms with Crippen molar-refractivity contribution in [2.24, 2.45) is 0 Å². The molecule has 0 atom stereocenters. The molecule has 0 radical (unpaired) electrons. The minimum absolute atomic E-state index is 0.0517. The number of hydrogen-bond acceptors (Lipinski definition) is 6. The predicted molar refractivity (Wildman–Crippen MR) is 87.2 cm³/mol. The van der Waals surface area contributed by atoms with E-state index in [4.69, 9.17) is 9.84 Å². The molecule has 9 nitrogen and oxygen atoms in total. The van der Waals surface area contributed by atoms with Crippen LogP contribution in [0.4, 0.5) is 11.4 Å². The van der Waals surface area contributed by atoms with E-state index in [0.29, 0.717) is 5.56 Å². The smallest absolute Gasteiger partial charge is 0.328 e. The number of nitro benzene ring substituents is 2. The summed E-state index contributed by atoms with van der Waals surface area (Å²) in [6.45, 7) is 0.0592. The summed E-state index contributed by atoms with van der Waals surface area (Å²) in [5.41, 5.74) is 0.632. The molecule has 0 aromatic heterocycles. The molecule has 128 valence electrons. The Balaban J connectivity index is 2.21. The van der Waals surface area contributed by atoms with Crippen molar-refractivity contribution in [3.63, 3.8) is 0 Å². The fraction of sp³-hybridized carbons (Fsp3) is 0.0625. The van der Waals surface area contributed by atoms with Crippen LogP contribution < -0.4 is 4.74 Å². The first kappa shape index (κ1) is 17.6. The van der Waals surface area contributed by atoms with E-state index in [1.165, 1.54) is 48.5 Å². The van der Waals surface area contributed by atoms with Crippen molar-refractivity contribution in [1.82, 2.24) is 0 Å². The summed E-state index contributed by atoms with van der Waals surface area (Å²) >= 11 is 0. The number of carbonyl (C=O) groups is 1. The normalized spacial score (nSPS) is 10.6. The van der Waals surface area contributed by atoms with Gasteiger partial charge in [0.2, 0.25) is 0 Å². The van der Waals surface area contributed by atoms with Gasteiger partial charge in [0, 0.05) is 35.9 Å². The molecule has 2 aromatic rings. The van der Waals surface area contributed by atoms with Crippen molar-refractivity contribution < 1.29 is 24.5 Å². The van der Waals surface area contributed by atoms with Crippen LogP contribution in [0.2, 0.25) is 0 Å². The standard InChI is InChI=1S/C16H12N2O7/c19-16(20)8-3-12-9-14(18(23)24)6-7-15(12)25-10-11-1-4-13(5-2-11)17(21)22/h1-9H,10H2,(H,19,20)/b8-3+. The number of non-ortho nitro benzene ring substituents is 2. The van der Waals surface area contributed by atoms with Crippen molar-refractivity contribution in [1.29, 1.82) is 0 Å². The quantitative estimate of drug-likeness (QED) is 0.463. The number of hydrogen-bond donors (Lipinski definition) is 1. The van der Waals surface area contributed by atoms with Gasteiger partial charge in [-0.05, 0) is 29.8 Å². The maximum atomic E-state index is 10.8. The lowest BCUT2D eigenvalue weighted by Gasteiger charge is -2.09. The molecule has 0 spiro atoms. The minimum Gasteiger partial charge on any atom is -0.488 e. The minimum atomic E-state index is -1.20. The van der Waals surface area contributed by atoms with Crippen molar-refractivity contribution in [2.45, 2.75) is 6.61 Å². The fourth-order valence-corrected chi connectivity index (χ4v) is 1.95. The molecule has 9 heteroatoms. The Morgan fingerprint density at radius 2 is 1.64 bits per heavy atom. The van der Waals surface area contributed by atoms with Crippen LogP contribution in [0.25, 0.3) is 6.08 Å². The number of carboxylic acid groups (broad SMARTS) is 1. The summed E-state index contributed by atoms with van der Waals surface area (Å²) in [6.07, 6.45) is 2.04. The summed E-state index contributed by atoms with van der Waals surface area (Å²) in [4.78, 5) is 31.0. The number of benzene rings is 2. The van der Waals surface area contributed by atoms with Gasteiger partial charge >= 0.3 is 5.97 Å². The largest absolute Gasteiger partial charge is 0.488 e. The van der Waals surface area contributed by atoms with Crippen LogP contribution in [0.15, 0.2) is 48.5 Å². The van der Waals surface area contributed by atoms with Crippen molar-refractivity contribution in [2.75, 3.05) is 0 Å². The third-order valence-electron chi connectivity index (χ3n) is 3.15. The first-order valence-electron chi connectivity index (χ1n) is 6.92. The van der Waals surface area contributed by atoms with Gasteiger partial charge in [0.15, 0.2) is 0 Å². The number of ether oxygens (including phenoxy) is 1.